The van der Waals surface area contributed by atoms with Crippen LogP contribution in [0.5, 0.6) is 0 Å². The van der Waals surface area contributed by atoms with E-state index < -0.39 is 30.8 Å². The molecule has 0 aromatic heterocycles. The Morgan fingerprint density at radius 2 is 2.12 bits per heavy atom. The summed E-state index contributed by atoms with van der Waals surface area (Å²) in [5.74, 6) is -5.33. The van der Waals surface area contributed by atoms with Crippen LogP contribution < -0.4 is 5.32 Å². The fourth-order valence-corrected chi connectivity index (χ4v) is 1.19. The molecule has 2 N–H and O–H groups in total. The van der Waals surface area contributed by atoms with Crippen molar-refractivity contribution in [3.63, 3.8) is 0 Å². The first kappa shape index (κ1) is 13.8. The number of carbonyl (C=O) groups is 1. The van der Waals surface area contributed by atoms with Gasteiger partial charge < -0.3 is 10.4 Å². The number of carbonyl (C=O) groups excluding carboxylic acids is 1. The monoisotopic (exact) mass is 267 g/mol. The largest absolute Gasteiger partial charge is 0.390 e. The molecule has 0 saturated carbocycles. The van der Waals surface area contributed by atoms with Crippen molar-refractivity contribution < 1.29 is 23.1 Å². The molecule has 1 aromatic carbocycles. The minimum absolute atomic E-state index is 0.0970. The van der Waals surface area contributed by atoms with Gasteiger partial charge in [0, 0.05) is 5.02 Å². The Morgan fingerprint density at radius 1 is 1.47 bits per heavy atom. The lowest BCUT2D eigenvalue weighted by Crippen LogP contribution is -2.39. The first-order chi connectivity index (χ1) is 7.85. The molecule has 17 heavy (non-hydrogen) atoms. The van der Waals surface area contributed by atoms with Gasteiger partial charge in [0.1, 0.15) is 12.4 Å². The number of nitrogens with one attached hydrogen (secondary N) is 1. The third-order valence-electron chi connectivity index (χ3n) is 1.91. The number of aliphatic hydroxyl groups is 1. The predicted molar refractivity (Wildman–Crippen MR) is 55.8 cm³/mol. The maximum Gasteiger partial charge on any atom is 0.287 e. The number of benzene rings is 1. The molecule has 3 nitrogen and oxygen atoms in total. The minimum atomic E-state index is -3.43. The molecule has 0 bridgehead atoms. The van der Waals surface area contributed by atoms with Crippen molar-refractivity contribution in [1.29, 1.82) is 0 Å². The Labute approximate surface area is 100 Å². The second-order valence-electron chi connectivity index (χ2n) is 3.32. The van der Waals surface area contributed by atoms with Gasteiger partial charge in [-0.3, -0.25) is 4.79 Å². The van der Waals surface area contributed by atoms with Gasteiger partial charge in [-0.25, -0.2) is 13.2 Å². The molecule has 0 aliphatic heterocycles. The van der Waals surface area contributed by atoms with Crippen molar-refractivity contribution in [1.82, 2.24) is 5.32 Å². The second-order valence-corrected chi connectivity index (χ2v) is 3.76. The molecule has 0 unspecified atom stereocenters. The summed E-state index contributed by atoms with van der Waals surface area (Å²) in [5, 5.41) is 10.2. The van der Waals surface area contributed by atoms with E-state index in [1.165, 1.54) is 6.07 Å². The standard InChI is InChI=1S/C10H9ClF3NO2/c11-6-1-2-7(8(12)3-6)9(17)15-4-10(13,14)5-16/h1-3,16H,4-5H2,(H,15,17). The fraction of sp³-hybridized carbons (Fsp3) is 0.300. The van der Waals surface area contributed by atoms with E-state index in [9.17, 15) is 18.0 Å². The van der Waals surface area contributed by atoms with Crippen LogP contribution in [0.3, 0.4) is 0 Å². The lowest BCUT2D eigenvalue weighted by Gasteiger charge is -2.14. The van der Waals surface area contributed by atoms with Crippen LogP contribution in [0.2, 0.25) is 5.02 Å². The maximum atomic E-state index is 13.2. The molecule has 0 heterocycles. The summed E-state index contributed by atoms with van der Waals surface area (Å²) in [6.45, 7) is -2.46. The van der Waals surface area contributed by atoms with E-state index in [4.69, 9.17) is 16.7 Å². The molecule has 1 aromatic rings. The van der Waals surface area contributed by atoms with Crippen LogP contribution in [0.4, 0.5) is 13.2 Å². The third-order valence-corrected chi connectivity index (χ3v) is 2.15. The van der Waals surface area contributed by atoms with Crippen molar-refractivity contribution in [2.45, 2.75) is 5.92 Å². The van der Waals surface area contributed by atoms with Gasteiger partial charge in [0.2, 0.25) is 0 Å². The Bertz CT molecular complexity index is 426. The molecule has 0 spiro atoms. The normalized spacial score (nSPS) is 11.4. The average molecular weight is 268 g/mol. The molecule has 0 saturated heterocycles. The highest BCUT2D eigenvalue weighted by Gasteiger charge is 2.28. The van der Waals surface area contributed by atoms with E-state index in [1.54, 1.807) is 0 Å². The molecule has 7 heteroatoms. The quantitative estimate of drug-likeness (QED) is 0.874. The lowest BCUT2D eigenvalue weighted by atomic mass is 10.2. The van der Waals surface area contributed by atoms with E-state index in [2.05, 4.69) is 0 Å². The van der Waals surface area contributed by atoms with E-state index in [-0.39, 0.29) is 10.6 Å². The predicted octanol–water partition coefficient (Wildman–Crippen LogP) is 1.84. The zero-order valence-electron chi connectivity index (χ0n) is 8.51. The van der Waals surface area contributed by atoms with E-state index >= 15 is 0 Å². The summed E-state index contributed by atoms with van der Waals surface area (Å²) in [6.07, 6.45) is 0. The molecular formula is C10H9ClF3NO2. The highest BCUT2D eigenvalue weighted by molar-refractivity contribution is 6.30. The molecule has 0 atom stereocenters. The van der Waals surface area contributed by atoms with Crippen LogP contribution in [-0.4, -0.2) is 30.1 Å². The number of hydrogen-bond acceptors (Lipinski definition) is 2. The molecule has 0 aliphatic carbocycles. The van der Waals surface area contributed by atoms with Crippen molar-refractivity contribution in [3.05, 3.63) is 34.6 Å². The third kappa shape index (κ3) is 3.90. The number of aliphatic hydroxyl groups excluding tert-OH is 1. The highest BCUT2D eigenvalue weighted by atomic mass is 35.5. The molecule has 1 amide bonds. The van der Waals surface area contributed by atoms with Gasteiger partial charge in [-0.15, -0.1) is 0 Å². The van der Waals surface area contributed by atoms with Crippen molar-refractivity contribution >= 4 is 17.5 Å². The maximum absolute atomic E-state index is 13.2. The molecule has 0 aliphatic rings. The summed E-state index contributed by atoms with van der Waals surface area (Å²) >= 11 is 5.47. The summed E-state index contributed by atoms with van der Waals surface area (Å²) in [6, 6.07) is 3.26. The second kappa shape index (κ2) is 5.37. The molecule has 0 fully saturated rings. The van der Waals surface area contributed by atoms with Gasteiger partial charge >= 0.3 is 0 Å². The lowest BCUT2D eigenvalue weighted by molar-refractivity contribution is -0.0462. The summed E-state index contributed by atoms with van der Waals surface area (Å²) < 4.78 is 38.4. The number of amides is 1. The Balaban J connectivity index is 2.71. The van der Waals surface area contributed by atoms with Crippen molar-refractivity contribution in [2.24, 2.45) is 0 Å². The number of alkyl halides is 2. The van der Waals surface area contributed by atoms with E-state index in [0.717, 1.165) is 12.1 Å². The highest BCUT2D eigenvalue weighted by Crippen LogP contribution is 2.15. The number of rotatable bonds is 4. The van der Waals surface area contributed by atoms with Crippen LogP contribution in [0.1, 0.15) is 10.4 Å². The molecule has 0 radical (unpaired) electrons. The van der Waals surface area contributed by atoms with Gasteiger partial charge in [-0.1, -0.05) is 11.6 Å². The van der Waals surface area contributed by atoms with Crippen molar-refractivity contribution in [3.8, 4) is 0 Å². The SMILES string of the molecule is O=C(NCC(F)(F)CO)c1ccc(Cl)cc1F. The van der Waals surface area contributed by atoms with Gasteiger partial charge in [0.05, 0.1) is 12.1 Å². The summed E-state index contributed by atoms with van der Waals surface area (Å²) in [5.41, 5.74) is -0.386. The Morgan fingerprint density at radius 3 is 2.65 bits per heavy atom. The van der Waals surface area contributed by atoms with E-state index in [1.807, 2.05) is 5.32 Å². The molecule has 1 rings (SSSR count). The minimum Gasteiger partial charge on any atom is -0.390 e. The topological polar surface area (TPSA) is 49.3 Å². The summed E-state index contributed by atoms with van der Waals surface area (Å²) in [4.78, 5) is 11.3. The van der Waals surface area contributed by atoms with Gasteiger partial charge in [-0.2, -0.15) is 0 Å². The molecular weight excluding hydrogens is 259 g/mol. The zero-order valence-corrected chi connectivity index (χ0v) is 9.27. The average Bonchev–Trinajstić information content (AvgIpc) is 2.26. The van der Waals surface area contributed by atoms with Crippen LogP contribution >= 0.6 is 11.6 Å². The number of hydrogen-bond donors (Lipinski definition) is 2. The first-order valence-electron chi connectivity index (χ1n) is 4.57. The van der Waals surface area contributed by atoms with Gasteiger partial charge in [0.15, 0.2) is 0 Å². The summed E-state index contributed by atoms with van der Waals surface area (Å²) in [7, 11) is 0. The van der Waals surface area contributed by atoms with Crippen LogP contribution in [0, 0.1) is 5.82 Å². The fourth-order valence-electron chi connectivity index (χ4n) is 1.03. The van der Waals surface area contributed by atoms with Gasteiger partial charge in [-0.05, 0) is 18.2 Å². The Hall–Kier alpha value is -1.27. The van der Waals surface area contributed by atoms with Gasteiger partial charge in [0.25, 0.3) is 11.8 Å². The van der Waals surface area contributed by atoms with Crippen LogP contribution in [0.15, 0.2) is 18.2 Å². The Kier molecular flexibility index (Phi) is 4.36. The van der Waals surface area contributed by atoms with E-state index in [0.29, 0.717) is 0 Å². The smallest absolute Gasteiger partial charge is 0.287 e. The van der Waals surface area contributed by atoms with Crippen molar-refractivity contribution in [2.75, 3.05) is 13.2 Å². The number of halogens is 4. The zero-order chi connectivity index (χ0) is 13.1. The van der Waals surface area contributed by atoms with Crippen LogP contribution in [-0.2, 0) is 0 Å². The first-order valence-corrected chi connectivity index (χ1v) is 4.95. The molecule has 94 valence electrons. The van der Waals surface area contributed by atoms with Crippen LogP contribution in [0.25, 0.3) is 0 Å².